The fraction of sp³-hybridized carbons (Fsp3) is 0.375. The van der Waals surface area contributed by atoms with Crippen LogP contribution in [0.15, 0.2) is 36.7 Å². The zero-order chi connectivity index (χ0) is 17.4. The molecule has 0 saturated carbocycles. The van der Waals surface area contributed by atoms with Crippen LogP contribution in [-0.2, 0) is 4.74 Å². The molecule has 124 valence electrons. The highest BCUT2D eigenvalue weighted by atomic mass is 19.1. The van der Waals surface area contributed by atoms with Crippen molar-refractivity contribution in [2.45, 2.75) is 32.6 Å². The Morgan fingerprint density at radius 2 is 2.04 bits per heavy atom. The molecular weight excluding hydrogens is 303 g/mol. The highest BCUT2D eigenvalue weighted by Gasteiger charge is 2.42. The van der Waals surface area contributed by atoms with Crippen molar-refractivity contribution >= 4 is 12.0 Å². The Balaban J connectivity index is 2.35. The maximum Gasteiger partial charge on any atom is 0.429 e. The predicted octanol–water partition coefficient (Wildman–Crippen LogP) is 2.77. The van der Waals surface area contributed by atoms with Crippen molar-refractivity contribution in [1.29, 1.82) is 0 Å². The van der Waals surface area contributed by atoms with Gasteiger partial charge in [-0.05, 0) is 26.8 Å². The number of hydrogen-bond acceptors (Lipinski definition) is 4. The van der Waals surface area contributed by atoms with Crippen molar-refractivity contribution in [3.8, 4) is 0 Å². The third-order valence-corrected chi connectivity index (χ3v) is 3.09. The van der Waals surface area contributed by atoms with Gasteiger partial charge in [-0.2, -0.15) is 0 Å². The molecule has 0 fully saturated rings. The first kappa shape index (κ1) is 17.0. The van der Waals surface area contributed by atoms with Crippen LogP contribution in [0.5, 0.6) is 0 Å². The molecular formula is C16H19FN2O4. The topological polar surface area (TPSA) is 70.1 Å². The Kier molecular flexibility index (Phi) is 4.42. The molecule has 0 spiro atoms. The average molecular weight is 322 g/mol. The van der Waals surface area contributed by atoms with Crippen molar-refractivity contribution in [1.82, 2.24) is 10.0 Å². The lowest BCUT2D eigenvalue weighted by Gasteiger charge is -2.34. The van der Waals surface area contributed by atoms with E-state index in [1.807, 2.05) is 0 Å². The fourth-order valence-corrected chi connectivity index (χ4v) is 2.23. The molecule has 2 rings (SSSR count). The molecule has 23 heavy (non-hydrogen) atoms. The van der Waals surface area contributed by atoms with E-state index < -0.39 is 36.2 Å². The second-order valence-electron chi connectivity index (χ2n) is 6.17. The Hall–Kier alpha value is -2.41. The van der Waals surface area contributed by atoms with E-state index in [1.54, 1.807) is 39.0 Å². The van der Waals surface area contributed by atoms with Gasteiger partial charge in [0.15, 0.2) is 6.23 Å². The summed E-state index contributed by atoms with van der Waals surface area (Å²) in [4.78, 5) is 24.8. The molecule has 0 aliphatic carbocycles. The molecule has 1 aliphatic rings. The molecule has 0 bridgehead atoms. The van der Waals surface area contributed by atoms with E-state index in [0.717, 1.165) is 10.0 Å². The monoisotopic (exact) mass is 322 g/mol. The summed E-state index contributed by atoms with van der Waals surface area (Å²) in [6.07, 6.45) is -2.35. The van der Waals surface area contributed by atoms with Crippen LogP contribution in [0.4, 0.5) is 9.18 Å². The van der Waals surface area contributed by atoms with Crippen molar-refractivity contribution < 1.29 is 23.8 Å². The van der Waals surface area contributed by atoms with Crippen LogP contribution in [0.25, 0.3) is 0 Å². The smallest absolute Gasteiger partial charge is 0.429 e. The fourth-order valence-electron chi connectivity index (χ4n) is 2.23. The second-order valence-corrected chi connectivity index (χ2v) is 6.17. The molecule has 1 aromatic rings. The zero-order valence-corrected chi connectivity index (χ0v) is 13.2. The summed E-state index contributed by atoms with van der Waals surface area (Å²) in [5, 5.41) is 11.8. The molecule has 0 radical (unpaired) electrons. The number of amides is 2. The third-order valence-electron chi connectivity index (χ3n) is 3.09. The van der Waals surface area contributed by atoms with Gasteiger partial charge in [-0.25, -0.2) is 19.2 Å². The second kappa shape index (κ2) is 6.00. The first-order valence-corrected chi connectivity index (χ1v) is 7.06. The minimum atomic E-state index is -1.40. The lowest BCUT2D eigenvalue weighted by atomic mass is 10.1. The number of benzene rings is 1. The first-order chi connectivity index (χ1) is 10.6. The first-order valence-electron chi connectivity index (χ1n) is 7.06. The summed E-state index contributed by atoms with van der Waals surface area (Å²) in [5.41, 5.74) is -0.248. The van der Waals surface area contributed by atoms with E-state index >= 15 is 0 Å². The number of nitrogens with zero attached hydrogens (tertiary/aromatic N) is 2. The molecule has 0 saturated heterocycles. The van der Waals surface area contributed by atoms with E-state index in [4.69, 9.17) is 4.74 Å². The minimum absolute atomic E-state index is 0.248. The van der Waals surface area contributed by atoms with E-state index in [9.17, 15) is 19.1 Å². The normalized spacial score (nSPS) is 17.0. The van der Waals surface area contributed by atoms with Gasteiger partial charge < -0.3 is 9.84 Å². The van der Waals surface area contributed by atoms with Gasteiger partial charge in [-0.15, -0.1) is 0 Å². The highest BCUT2D eigenvalue weighted by molar-refractivity contribution is 5.99. The Labute approximate surface area is 133 Å². The van der Waals surface area contributed by atoms with Crippen LogP contribution in [0.2, 0.25) is 0 Å². The Morgan fingerprint density at radius 3 is 2.57 bits per heavy atom. The number of halogens is 1. The van der Waals surface area contributed by atoms with Gasteiger partial charge in [0.05, 0.1) is 6.54 Å². The molecule has 1 aromatic carbocycles. The number of fused-ring (bicyclic) bond motifs is 1. The molecule has 1 heterocycles. The molecule has 1 aliphatic heterocycles. The SMILES string of the molecule is C=C(F)CN(C(=O)OC(C)(C)C)N1C(=O)c2ccccc2C1O. The molecule has 1 N–H and O–H groups in total. The number of hydrogen-bond donors (Lipinski definition) is 1. The summed E-state index contributed by atoms with van der Waals surface area (Å²) in [6.45, 7) is 7.45. The van der Waals surface area contributed by atoms with Gasteiger partial charge in [-0.1, -0.05) is 24.8 Å². The van der Waals surface area contributed by atoms with Crippen molar-refractivity contribution in [2.75, 3.05) is 6.54 Å². The van der Waals surface area contributed by atoms with Crippen LogP contribution in [0.1, 0.15) is 42.9 Å². The van der Waals surface area contributed by atoms with Crippen LogP contribution in [0.3, 0.4) is 0 Å². The number of aliphatic hydroxyl groups is 1. The molecule has 6 nitrogen and oxygen atoms in total. The highest BCUT2D eigenvalue weighted by Crippen LogP contribution is 2.33. The molecule has 7 heteroatoms. The summed E-state index contributed by atoms with van der Waals surface area (Å²) in [6, 6.07) is 6.39. The van der Waals surface area contributed by atoms with Crippen molar-refractivity contribution in [2.24, 2.45) is 0 Å². The summed E-state index contributed by atoms with van der Waals surface area (Å²) >= 11 is 0. The van der Waals surface area contributed by atoms with E-state index in [1.165, 1.54) is 6.07 Å². The van der Waals surface area contributed by atoms with Crippen molar-refractivity contribution in [3.63, 3.8) is 0 Å². The van der Waals surface area contributed by atoms with Gasteiger partial charge in [0.1, 0.15) is 11.4 Å². The van der Waals surface area contributed by atoms with Gasteiger partial charge in [0, 0.05) is 11.1 Å². The van der Waals surface area contributed by atoms with Gasteiger partial charge in [0.25, 0.3) is 5.91 Å². The van der Waals surface area contributed by atoms with Crippen LogP contribution in [0, 0.1) is 0 Å². The quantitative estimate of drug-likeness (QED) is 0.929. The van der Waals surface area contributed by atoms with Crippen LogP contribution in [-0.4, -0.2) is 39.3 Å². The minimum Gasteiger partial charge on any atom is -0.442 e. The van der Waals surface area contributed by atoms with Gasteiger partial charge in [-0.3, -0.25) is 4.79 Å². The Bertz CT molecular complexity index is 654. The van der Waals surface area contributed by atoms with E-state index in [2.05, 4.69) is 6.58 Å². The average Bonchev–Trinajstić information content (AvgIpc) is 2.67. The van der Waals surface area contributed by atoms with Gasteiger partial charge in [0.2, 0.25) is 0 Å². The van der Waals surface area contributed by atoms with E-state index in [-0.39, 0.29) is 5.56 Å². The summed E-state index contributed by atoms with van der Waals surface area (Å²) < 4.78 is 18.5. The largest absolute Gasteiger partial charge is 0.442 e. The lowest BCUT2D eigenvalue weighted by molar-refractivity contribution is -0.101. The Morgan fingerprint density at radius 1 is 1.43 bits per heavy atom. The lowest BCUT2D eigenvalue weighted by Crippen LogP contribution is -2.50. The number of hydrazine groups is 1. The van der Waals surface area contributed by atoms with Crippen LogP contribution < -0.4 is 0 Å². The number of rotatable bonds is 3. The van der Waals surface area contributed by atoms with Gasteiger partial charge >= 0.3 is 6.09 Å². The number of aliphatic hydroxyl groups excluding tert-OH is 1. The summed E-state index contributed by atoms with van der Waals surface area (Å²) in [5.74, 6) is -1.45. The van der Waals surface area contributed by atoms with Crippen molar-refractivity contribution in [3.05, 3.63) is 47.8 Å². The molecule has 1 atom stereocenters. The maximum absolute atomic E-state index is 13.3. The predicted molar refractivity (Wildman–Crippen MR) is 80.8 cm³/mol. The van der Waals surface area contributed by atoms with E-state index in [0.29, 0.717) is 5.56 Å². The number of carbonyl (C=O) groups is 2. The maximum atomic E-state index is 13.3. The third kappa shape index (κ3) is 3.50. The zero-order valence-electron chi connectivity index (χ0n) is 13.2. The number of ether oxygens (including phenoxy) is 1. The molecule has 1 unspecified atom stereocenters. The molecule has 0 aromatic heterocycles. The standard InChI is InChI=1S/C16H19FN2O4/c1-10(17)9-18(15(22)23-16(2,3)4)19-13(20)11-7-5-6-8-12(11)14(19)21/h5-8,13,20H,1,9H2,2-4H3. The summed E-state index contributed by atoms with van der Waals surface area (Å²) in [7, 11) is 0. The number of carbonyl (C=O) groups excluding carboxylic acids is 2. The molecule has 2 amide bonds. The van der Waals surface area contributed by atoms with Crippen LogP contribution >= 0.6 is 0 Å².